The molecule has 0 aromatic carbocycles. The number of aromatic nitrogens is 3. The van der Waals surface area contributed by atoms with Crippen molar-refractivity contribution in [3.8, 4) is 0 Å². The summed E-state index contributed by atoms with van der Waals surface area (Å²) < 4.78 is 24.5. The second-order valence-electron chi connectivity index (χ2n) is 6.37. The summed E-state index contributed by atoms with van der Waals surface area (Å²) in [6.07, 6.45) is 5.41. The first-order valence-corrected chi connectivity index (χ1v) is 11.0. The van der Waals surface area contributed by atoms with Crippen LogP contribution in [0.4, 0.5) is 0 Å². The highest BCUT2D eigenvalue weighted by Gasteiger charge is 2.09. The van der Waals surface area contributed by atoms with Crippen molar-refractivity contribution in [1.29, 1.82) is 0 Å². The summed E-state index contributed by atoms with van der Waals surface area (Å²) in [6, 6.07) is 5.86. The summed E-state index contributed by atoms with van der Waals surface area (Å²) in [4.78, 5) is 4.56. The van der Waals surface area contributed by atoms with Crippen LogP contribution in [0.15, 0.2) is 29.4 Å². The van der Waals surface area contributed by atoms with Crippen LogP contribution in [-0.4, -0.2) is 60.1 Å². The Bertz CT molecular complexity index is 831. The first kappa shape index (κ1) is 20.2. The van der Waals surface area contributed by atoms with Gasteiger partial charge in [0.2, 0.25) is 0 Å². The van der Waals surface area contributed by atoms with Gasteiger partial charge in [-0.05, 0) is 38.8 Å². The normalized spacial score (nSPS) is 13.7. The predicted molar refractivity (Wildman–Crippen MR) is 104 cm³/mol. The Kier molecular flexibility index (Phi) is 7.38. The van der Waals surface area contributed by atoms with Gasteiger partial charge in [-0.2, -0.15) is 0 Å². The van der Waals surface area contributed by atoms with Crippen molar-refractivity contribution >= 4 is 21.4 Å². The maximum absolute atomic E-state index is 11.3. The maximum atomic E-state index is 11.3. The van der Waals surface area contributed by atoms with Gasteiger partial charge in [0.1, 0.15) is 15.7 Å². The van der Waals surface area contributed by atoms with Crippen LogP contribution < -0.4 is 10.6 Å². The minimum atomic E-state index is -2.95. The van der Waals surface area contributed by atoms with Crippen molar-refractivity contribution in [3.63, 3.8) is 0 Å². The van der Waals surface area contributed by atoms with Crippen LogP contribution in [0.1, 0.15) is 32.5 Å². The van der Waals surface area contributed by atoms with Gasteiger partial charge in [-0.25, -0.2) is 8.42 Å². The highest BCUT2D eigenvalue weighted by molar-refractivity contribution is 7.90. The fourth-order valence-corrected chi connectivity index (χ4v) is 3.29. The summed E-state index contributed by atoms with van der Waals surface area (Å²) in [6.45, 7) is 5.36. The van der Waals surface area contributed by atoms with E-state index < -0.39 is 9.84 Å². The number of guanidine groups is 1. The minimum absolute atomic E-state index is 0.0305. The molecule has 0 saturated carbocycles. The molecule has 0 spiro atoms. The van der Waals surface area contributed by atoms with Gasteiger partial charge in [0.05, 0.1) is 5.75 Å². The number of aryl methyl sites for hydroxylation is 1. The van der Waals surface area contributed by atoms with E-state index in [1.54, 1.807) is 0 Å². The van der Waals surface area contributed by atoms with E-state index in [2.05, 4.69) is 25.8 Å². The first-order valence-electron chi connectivity index (χ1n) is 8.90. The average molecular weight is 381 g/mol. The molecule has 2 N–H and O–H groups in total. The smallest absolute Gasteiger partial charge is 0.191 e. The highest BCUT2D eigenvalue weighted by Crippen LogP contribution is 2.05. The second kappa shape index (κ2) is 9.51. The van der Waals surface area contributed by atoms with Crippen molar-refractivity contribution < 1.29 is 8.42 Å². The standard InChI is InChI=1S/C17H28N6O2S/c1-4-18-17(20-14(2)10-13-26(3,24)25)19-11-7-9-16-22-21-15-8-5-6-12-23(15)16/h5-6,8,12,14H,4,7,9-11,13H2,1-3H3,(H2,18,19,20). The van der Waals surface area contributed by atoms with Gasteiger partial charge >= 0.3 is 0 Å². The number of hydrogen-bond donors (Lipinski definition) is 2. The van der Waals surface area contributed by atoms with Crippen molar-refractivity contribution in [1.82, 2.24) is 25.2 Å². The van der Waals surface area contributed by atoms with E-state index >= 15 is 0 Å². The lowest BCUT2D eigenvalue weighted by molar-refractivity contribution is 0.581. The topological polar surface area (TPSA) is 101 Å². The molecule has 0 fully saturated rings. The maximum Gasteiger partial charge on any atom is 0.191 e. The Hall–Kier alpha value is -2.16. The first-order chi connectivity index (χ1) is 12.4. The molecule has 0 aliphatic carbocycles. The monoisotopic (exact) mass is 380 g/mol. The molecule has 0 amide bonds. The number of rotatable bonds is 9. The number of nitrogens with one attached hydrogen (secondary N) is 2. The molecular formula is C17H28N6O2S. The molecule has 0 radical (unpaired) electrons. The Balaban J connectivity index is 1.84. The third-order valence-corrected chi connectivity index (χ3v) is 4.84. The van der Waals surface area contributed by atoms with E-state index in [0.717, 1.165) is 30.9 Å². The molecule has 144 valence electrons. The van der Waals surface area contributed by atoms with Crippen molar-refractivity contribution in [2.45, 2.75) is 39.2 Å². The van der Waals surface area contributed by atoms with Gasteiger partial charge in [-0.15, -0.1) is 10.2 Å². The van der Waals surface area contributed by atoms with Crippen LogP contribution >= 0.6 is 0 Å². The van der Waals surface area contributed by atoms with Crippen LogP contribution in [0.2, 0.25) is 0 Å². The number of nitrogens with zero attached hydrogens (tertiary/aromatic N) is 4. The van der Waals surface area contributed by atoms with Crippen LogP contribution in [0, 0.1) is 0 Å². The number of sulfone groups is 1. The zero-order valence-corrected chi connectivity index (χ0v) is 16.5. The highest BCUT2D eigenvalue weighted by atomic mass is 32.2. The molecule has 0 aliphatic rings. The Morgan fingerprint density at radius 2 is 2.15 bits per heavy atom. The molecule has 2 heterocycles. The third-order valence-electron chi connectivity index (χ3n) is 3.86. The number of pyridine rings is 1. The molecule has 8 nitrogen and oxygen atoms in total. The summed E-state index contributed by atoms with van der Waals surface area (Å²) >= 11 is 0. The quantitative estimate of drug-likeness (QED) is 0.383. The molecule has 0 saturated heterocycles. The number of hydrogen-bond acceptors (Lipinski definition) is 5. The van der Waals surface area contributed by atoms with Gasteiger partial charge in [0.25, 0.3) is 0 Å². The van der Waals surface area contributed by atoms with Gasteiger partial charge < -0.3 is 10.6 Å². The fourth-order valence-electron chi connectivity index (χ4n) is 2.51. The molecule has 1 unspecified atom stereocenters. The zero-order valence-electron chi connectivity index (χ0n) is 15.6. The SMILES string of the molecule is CCNC(=NCCCc1nnc2ccccn12)NC(C)CCS(C)(=O)=O. The summed E-state index contributed by atoms with van der Waals surface area (Å²) in [5, 5.41) is 14.8. The van der Waals surface area contributed by atoms with Gasteiger partial charge in [0.15, 0.2) is 11.6 Å². The van der Waals surface area contributed by atoms with Crippen molar-refractivity contribution in [3.05, 3.63) is 30.2 Å². The van der Waals surface area contributed by atoms with Crippen molar-refractivity contribution in [2.75, 3.05) is 25.1 Å². The van der Waals surface area contributed by atoms with Crippen LogP contribution in [0.5, 0.6) is 0 Å². The van der Waals surface area contributed by atoms with E-state index in [4.69, 9.17) is 0 Å². The lowest BCUT2D eigenvalue weighted by Crippen LogP contribution is -2.42. The Labute approximate surface area is 155 Å². The second-order valence-corrected chi connectivity index (χ2v) is 8.63. The number of aliphatic imine (C=N–C) groups is 1. The summed E-state index contributed by atoms with van der Waals surface area (Å²) in [5.74, 6) is 1.80. The lowest BCUT2D eigenvalue weighted by atomic mass is 10.2. The predicted octanol–water partition coefficient (Wildman–Crippen LogP) is 1.04. The Morgan fingerprint density at radius 3 is 2.88 bits per heavy atom. The van der Waals surface area contributed by atoms with E-state index in [1.807, 2.05) is 42.6 Å². The largest absolute Gasteiger partial charge is 0.357 e. The van der Waals surface area contributed by atoms with E-state index in [0.29, 0.717) is 18.9 Å². The molecule has 2 aromatic rings. The summed E-state index contributed by atoms with van der Waals surface area (Å²) in [5.41, 5.74) is 0.848. The molecule has 0 aliphatic heterocycles. The molecule has 0 bridgehead atoms. The lowest BCUT2D eigenvalue weighted by Gasteiger charge is -2.17. The van der Waals surface area contributed by atoms with E-state index in [9.17, 15) is 8.42 Å². The Morgan fingerprint density at radius 1 is 1.35 bits per heavy atom. The fraction of sp³-hybridized carbons (Fsp3) is 0.588. The van der Waals surface area contributed by atoms with Crippen LogP contribution in [0.25, 0.3) is 5.65 Å². The van der Waals surface area contributed by atoms with E-state index in [-0.39, 0.29) is 11.8 Å². The molecule has 9 heteroatoms. The zero-order chi connectivity index (χ0) is 19.0. The van der Waals surface area contributed by atoms with Crippen molar-refractivity contribution in [2.24, 2.45) is 4.99 Å². The van der Waals surface area contributed by atoms with Gasteiger partial charge in [0, 0.05) is 38.0 Å². The minimum Gasteiger partial charge on any atom is -0.357 e. The van der Waals surface area contributed by atoms with Crippen LogP contribution in [0.3, 0.4) is 0 Å². The van der Waals surface area contributed by atoms with Crippen LogP contribution in [-0.2, 0) is 16.3 Å². The van der Waals surface area contributed by atoms with Gasteiger partial charge in [-0.1, -0.05) is 6.07 Å². The summed E-state index contributed by atoms with van der Waals surface area (Å²) in [7, 11) is -2.95. The van der Waals surface area contributed by atoms with E-state index in [1.165, 1.54) is 6.26 Å². The molecule has 1 atom stereocenters. The molecule has 26 heavy (non-hydrogen) atoms. The molecular weight excluding hydrogens is 352 g/mol. The average Bonchev–Trinajstić information content (AvgIpc) is 3.00. The third kappa shape index (κ3) is 6.62. The molecule has 2 aromatic heterocycles. The molecule has 2 rings (SSSR count). The number of fused-ring (bicyclic) bond motifs is 1. The van der Waals surface area contributed by atoms with Gasteiger partial charge in [-0.3, -0.25) is 9.39 Å².